The number of nitrogens with one attached hydrogen (secondary N) is 1. The van der Waals surface area contributed by atoms with Crippen molar-refractivity contribution in [3.05, 3.63) is 57.1 Å². The first-order valence-corrected chi connectivity index (χ1v) is 12.4. The van der Waals surface area contributed by atoms with Crippen LogP contribution in [-0.4, -0.2) is 41.9 Å². The van der Waals surface area contributed by atoms with Crippen molar-refractivity contribution < 1.29 is 17.6 Å². The van der Waals surface area contributed by atoms with E-state index in [0.29, 0.717) is 36.0 Å². The summed E-state index contributed by atoms with van der Waals surface area (Å²) in [7, 11) is -3.65. The van der Waals surface area contributed by atoms with Crippen molar-refractivity contribution in [1.29, 1.82) is 0 Å². The van der Waals surface area contributed by atoms with Crippen LogP contribution in [0.15, 0.2) is 45.7 Å². The van der Waals surface area contributed by atoms with Crippen LogP contribution in [0.25, 0.3) is 0 Å². The molecule has 8 nitrogen and oxygen atoms in total. The number of nitrogens with zero attached hydrogens (tertiary/aromatic N) is 3. The van der Waals surface area contributed by atoms with Crippen LogP contribution in [0.2, 0.25) is 4.34 Å². The van der Waals surface area contributed by atoms with E-state index in [1.807, 2.05) is 13.0 Å². The molecule has 1 saturated heterocycles. The Hall–Kier alpha value is -2.27. The number of rotatable bonds is 6. The van der Waals surface area contributed by atoms with Gasteiger partial charge in [0.25, 0.3) is 0 Å². The van der Waals surface area contributed by atoms with Gasteiger partial charge in [-0.2, -0.15) is 4.31 Å². The Bertz CT molecular complexity index is 1170. The molecule has 164 valence electrons. The zero-order chi connectivity index (χ0) is 22.0. The third kappa shape index (κ3) is 5.15. The van der Waals surface area contributed by atoms with Crippen molar-refractivity contribution in [3.63, 3.8) is 0 Å². The van der Waals surface area contributed by atoms with Gasteiger partial charge in [-0.1, -0.05) is 34.4 Å². The lowest BCUT2D eigenvalue weighted by Gasteiger charge is -2.30. The minimum absolute atomic E-state index is 0.00108. The fraction of sp³-hybridized carbons (Fsp3) is 0.350. The Morgan fingerprint density at radius 2 is 2.03 bits per heavy atom. The topological polar surface area (TPSA) is 105 Å². The summed E-state index contributed by atoms with van der Waals surface area (Å²) in [5, 5.41) is 10.4. The Balaban J connectivity index is 1.39. The van der Waals surface area contributed by atoms with Crippen LogP contribution >= 0.6 is 22.9 Å². The van der Waals surface area contributed by atoms with Crippen LogP contribution < -0.4 is 5.32 Å². The summed E-state index contributed by atoms with van der Waals surface area (Å²) >= 11 is 7.34. The molecule has 1 fully saturated rings. The molecule has 11 heteroatoms. The van der Waals surface area contributed by atoms with E-state index in [9.17, 15) is 13.2 Å². The van der Waals surface area contributed by atoms with E-state index >= 15 is 0 Å². The first-order valence-electron chi connectivity index (χ1n) is 9.75. The molecule has 1 atom stereocenters. The Kier molecular flexibility index (Phi) is 6.42. The monoisotopic (exact) mass is 480 g/mol. The van der Waals surface area contributed by atoms with Gasteiger partial charge in [-0.15, -0.1) is 16.4 Å². The Labute approximate surface area is 189 Å². The standard InChI is InChI=1S/C20H21ClN4O4S2/c1-13-4-7-16(8-5-13)31(27,28)25-10-2-3-14(12-25)19(26)22-20-24-23-18(29-20)11-15-6-9-17(21)30-15/h4-9,14H,2-3,10-12H2,1H3,(H,22,24,26). The highest BCUT2D eigenvalue weighted by atomic mass is 35.5. The van der Waals surface area contributed by atoms with Gasteiger partial charge in [0.2, 0.25) is 21.8 Å². The average Bonchev–Trinajstić information content (AvgIpc) is 3.37. The molecule has 3 heterocycles. The summed E-state index contributed by atoms with van der Waals surface area (Å²) in [5.74, 6) is -0.473. The van der Waals surface area contributed by atoms with Crippen LogP contribution in [0.4, 0.5) is 6.01 Å². The highest BCUT2D eigenvalue weighted by molar-refractivity contribution is 7.89. The minimum atomic E-state index is -3.65. The molecule has 3 aromatic rings. The fourth-order valence-corrected chi connectivity index (χ4v) is 6.02. The second kappa shape index (κ2) is 9.07. The van der Waals surface area contributed by atoms with Crippen molar-refractivity contribution >= 4 is 44.9 Å². The predicted molar refractivity (Wildman–Crippen MR) is 118 cm³/mol. The minimum Gasteiger partial charge on any atom is -0.407 e. The van der Waals surface area contributed by atoms with Crippen LogP contribution in [0.1, 0.15) is 29.2 Å². The number of thiophene rings is 1. The molecular weight excluding hydrogens is 460 g/mol. The summed E-state index contributed by atoms with van der Waals surface area (Å²) in [4.78, 5) is 13.9. The Morgan fingerprint density at radius 3 is 2.74 bits per heavy atom. The molecule has 0 saturated carbocycles. The van der Waals surface area contributed by atoms with Crippen molar-refractivity contribution in [2.75, 3.05) is 18.4 Å². The fourth-order valence-electron chi connectivity index (χ4n) is 3.41. The molecule has 0 aliphatic carbocycles. The number of amides is 1. The van der Waals surface area contributed by atoms with Gasteiger partial charge < -0.3 is 4.42 Å². The second-order valence-electron chi connectivity index (χ2n) is 7.39. The van der Waals surface area contributed by atoms with E-state index in [0.717, 1.165) is 10.4 Å². The predicted octanol–water partition coefficient (Wildman–Crippen LogP) is 3.72. The Morgan fingerprint density at radius 1 is 1.26 bits per heavy atom. The van der Waals surface area contributed by atoms with Crippen molar-refractivity contribution in [1.82, 2.24) is 14.5 Å². The highest BCUT2D eigenvalue weighted by Crippen LogP contribution is 2.26. The molecule has 4 rings (SSSR count). The third-order valence-corrected chi connectivity index (χ3v) is 8.18. The van der Waals surface area contributed by atoms with Crippen molar-refractivity contribution in [2.24, 2.45) is 5.92 Å². The number of sulfonamides is 1. The van der Waals surface area contributed by atoms with Gasteiger partial charge in [0.1, 0.15) is 0 Å². The molecule has 0 radical (unpaired) electrons. The molecule has 1 amide bonds. The van der Waals surface area contributed by atoms with E-state index in [1.165, 1.54) is 15.6 Å². The number of carbonyl (C=O) groups is 1. The molecule has 0 spiro atoms. The quantitative estimate of drug-likeness (QED) is 0.576. The van der Waals surface area contributed by atoms with Crippen molar-refractivity contribution in [3.8, 4) is 0 Å². The maximum absolute atomic E-state index is 12.9. The number of halogens is 1. The molecule has 1 aromatic carbocycles. The summed E-state index contributed by atoms with van der Waals surface area (Å²) < 4.78 is 33.4. The lowest BCUT2D eigenvalue weighted by atomic mass is 9.99. The summed E-state index contributed by atoms with van der Waals surface area (Å²) in [5.41, 5.74) is 0.982. The zero-order valence-corrected chi connectivity index (χ0v) is 19.1. The van der Waals surface area contributed by atoms with Crippen LogP contribution in [0, 0.1) is 12.8 Å². The highest BCUT2D eigenvalue weighted by Gasteiger charge is 2.33. The summed E-state index contributed by atoms with van der Waals surface area (Å²) in [6.07, 6.45) is 1.60. The lowest BCUT2D eigenvalue weighted by Crippen LogP contribution is -2.43. The summed E-state index contributed by atoms with van der Waals surface area (Å²) in [6, 6.07) is 10.4. The molecule has 0 bridgehead atoms. The van der Waals surface area contributed by atoms with Crippen LogP contribution in [0.3, 0.4) is 0 Å². The second-order valence-corrected chi connectivity index (χ2v) is 11.1. The number of benzene rings is 1. The number of anilines is 1. The van der Waals surface area contributed by atoms with Gasteiger partial charge in [-0.05, 0) is 44.0 Å². The van der Waals surface area contributed by atoms with Crippen molar-refractivity contribution in [2.45, 2.75) is 31.1 Å². The first-order chi connectivity index (χ1) is 14.8. The van der Waals surface area contributed by atoms with Gasteiger partial charge in [0.15, 0.2) is 0 Å². The smallest absolute Gasteiger partial charge is 0.322 e. The van der Waals surface area contributed by atoms with Gasteiger partial charge >= 0.3 is 6.01 Å². The van der Waals surface area contributed by atoms with E-state index in [1.54, 1.807) is 30.3 Å². The molecule has 1 unspecified atom stereocenters. The van der Waals surface area contributed by atoms with E-state index < -0.39 is 15.9 Å². The van der Waals surface area contributed by atoms with E-state index in [2.05, 4.69) is 15.5 Å². The number of aromatic nitrogens is 2. The number of piperidine rings is 1. The number of hydrogen-bond acceptors (Lipinski definition) is 7. The third-order valence-electron chi connectivity index (χ3n) is 5.06. The molecule has 31 heavy (non-hydrogen) atoms. The number of aryl methyl sites for hydroxylation is 1. The summed E-state index contributed by atoms with van der Waals surface area (Å²) in [6.45, 7) is 2.39. The van der Waals surface area contributed by atoms with Gasteiger partial charge in [-0.3, -0.25) is 10.1 Å². The van der Waals surface area contributed by atoms with E-state index in [4.69, 9.17) is 16.0 Å². The van der Waals surface area contributed by atoms with Crippen LogP contribution in [0.5, 0.6) is 0 Å². The molecule has 2 aromatic heterocycles. The maximum Gasteiger partial charge on any atom is 0.322 e. The molecule has 1 aliphatic heterocycles. The SMILES string of the molecule is Cc1ccc(S(=O)(=O)N2CCCC(C(=O)Nc3nnc(Cc4ccc(Cl)s4)o3)C2)cc1. The normalized spacial score (nSPS) is 17.5. The van der Waals surface area contributed by atoms with Gasteiger partial charge in [0, 0.05) is 18.0 Å². The van der Waals surface area contributed by atoms with E-state index in [-0.39, 0.29) is 23.4 Å². The largest absolute Gasteiger partial charge is 0.407 e. The zero-order valence-electron chi connectivity index (χ0n) is 16.7. The maximum atomic E-state index is 12.9. The first kappa shape index (κ1) is 21.9. The lowest BCUT2D eigenvalue weighted by molar-refractivity contribution is -0.121. The number of hydrogen-bond donors (Lipinski definition) is 1. The van der Waals surface area contributed by atoms with Gasteiger partial charge in [-0.25, -0.2) is 8.42 Å². The molecular formula is C20H21ClN4O4S2. The molecule has 1 N–H and O–H groups in total. The van der Waals surface area contributed by atoms with Crippen LogP contribution in [-0.2, 0) is 21.2 Å². The molecule has 1 aliphatic rings. The van der Waals surface area contributed by atoms with Gasteiger partial charge in [0.05, 0.1) is 21.6 Å². The average molecular weight is 481 g/mol. The number of carbonyl (C=O) groups excluding carboxylic acids is 1.